The van der Waals surface area contributed by atoms with Crippen molar-refractivity contribution in [2.24, 2.45) is 0 Å². The summed E-state index contributed by atoms with van der Waals surface area (Å²) in [5.74, 6) is 0.510. The van der Waals surface area contributed by atoms with Crippen molar-refractivity contribution < 1.29 is 14.4 Å². The van der Waals surface area contributed by atoms with Crippen LogP contribution in [0.4, 0.5) is 5.69 Å². The van der Waals surface area contributed by atoms with Crippen LogP contribution < -0.4 is 4.74 Å². The number of para-hydroxylation sites is 1. The number of fused-ring (bicyclic) bond motifs is 1. The predicted octanol–water partition coefficient (Wildman–Crippen LogP) is 4.74. The van der Waals surface area contributed by atoms with Crippen LogP contribution in [0.15, 0.2) is 42.6 Å². The Balaban J connectivity index is 1.79. The highest BCUT2D eigenvalue weighted by Gasteiger charge is 2.26. The first-order valence-electron chi connectivity index (χ1n) is 8.30. The van der Waals surface area contributed by atoms with Gasteiger partial charge in [-0.15, -0.1) is 0 Å². The van der Waals surface area contributed by atoms with Gasteiger partial charge in [0.25, 0.3) is 0 Å². The number of halogens is 1. The SMILES string of the molecule is O=[N+]([O-])c1c(Oc2ccccc2Cl)ccc2c1cnn2C1CCOCC1. The molecule has 8 heteroatoms. The van der Waals surface area contributed by atoms with Crippen molar-refractivity contribution >= 4 is 28.2 Å². The van der Waals surface area contributed by atoms with Crippen LogP contribution in [0.1, 0.15) is 18.9 Å². The molecule has 0 amide bonds. The minimum absolute atomic E-state index is 0.110. The van der Waals surface area contributed by atoms with Crippen LogP contribution in [0.2, 0.25) is 5.02 Å². The normalized spacial score (nSPS) is 15.3. The molecule has 1 aliphatic heterocycles. The van der Waals surface area contributed by atoms with E-state index in [2.05, 4.69) is 5.10 Å². The highest BCUT2D eigenvalue weighted by Crippen LogP contribution is 2.40. The Kier molecular flexibility index (Phi) is 4.48. The van der Waals surface area contributed by atoms with Crippen LogP contribution in [-0.2, 0) is 4.74 Å². The lowest BCUT2D eigenvalue weighted by Crippen LogP contribution is -2.20. The van der Waals surface area contributed by atoms with Crippen molar-refractivity contribution in [3.63, 3.8) is 0 Å². The van der Waals surface area contributed by atoms with Crippen LogP contribution in [0.5, 0.6) is 11.5 Å². The third kappa shape index (κ3) is 3.00. The van der Waals surface area contributed by atoms with Crippen LogP contribution >= 0.6 is 11.6 Å². The second-order valence-electron chi connectivity index (χ2n) is 6.07. The number of hydrogen-bond acceptors (Lipinski definition) is 5. The molecule has 3 aromatic rings. The zero-order valence-electron chi connectivity index (χ0n) is 13.8. The molecule has 2 heterocycles. The van der Waals surface area contributed by atoms with E-state index in [1.807, 2.05) is 4.68 Å². The molecular formula is C18H16ClN3O4. The Morgan fingerprint density at radius 1 is 1.19 bits per heavy atom. The average Bonchev–Trinajstić information content (AvgIpc) is 3.08. The van der Waals surface area contributed by atoms with Crippen molar-refractivity contribution in [1.82, 2.24) is 9.78 Å². The molecule has 0 unspecified atom stereocenters. The summed E-state index contributed by atoms with van der Waals surface area (Å²) in [5, 5.41) is 17.0. The minimum Gasteiger partial charge on any atom is -0.449 e. The first kappa shape index (κ1) is 16.8. The standard InChI is InChI=1S/C18H16ClN3O4/c19-14-3-1-2-4-16(14)26-17-6-5-15-13(18(17)22(23)24)11-20-21(15)12-7-9-25-10-8-12/h1-6,11-12H,7-10H2. The van der Waals surface area contributed by atoms with Crippen LogP contribution in [0.25, 0.3) is 10.9 Å². The van der Waals surface area contributed by atoms with Crippen molar-refractivity contribution in [2.45, 2.75) is 18.9 Å². The largest absolute Gasteiger partial charge is 0.449 e. The first-order chi connectivity index (χ1) is 12.6. The molecule has 0 atom stereocenters. The van der Waals surface area contributed by atoms with E-state index in [1.54, 1.807) is 36.4 Å². The zero-order chi connectivity index (χ0) is 18.1. The number of nitrogens with zero attached hydrogens (tertiary/aromatic N) is 3. The summed E-state index contributed by atoms with van der Waals surface area (Å²) in [6.45, 7) is 1.34. The minimum atomic E-state index is -0.440. The van der Waals surface area contributed by atoms with Gasteiger partial charge < -0.3 is 9.47 Å². The molecule has 1 fully saturated rings. The molecule has 0 bridgehead atoms. The van der Waals surface area contributed by atoms with Crippen LogP contribution in [0, 0.1) is 10.1 Å². The highest BCUT2D eigenvalue weighted by atomic mass is 35.5. The van der Waals surface area contributed by atoms with Crippen molar-refractivity contribution in [3.05, 3.63) is 57.7 Å². The number of ether oxygens (including phenoxy) is 2. The van der Waals surface area contributed by atoms with Gasteiger partial charge in [-0.3, -0.25) is 14.8 Å². The number of hydrogen-bond donors (Lipinski definition) is 0. The molecule has 0 spiro atoms. The average molecular weight is 374 g/mol. The number of nitro groups is 1. The van der Waals surface area contributed by atoms with Gasteiger partial charge in [0.2, 0.25) is 5.75 Å². The molecule has 2 aromatic carbocycles. The van der Waals surface area contributed by atoms with Gasteiger partial charge in [-0.2, -0.15) is 5.10 Å². The van der Waals surface area contributed by atoms with Gasteiger partial charge in [-0.25, -0.2) is 0 Å². The van der Waals surface area contributed by atoms with E-state index >= 15 is 0 Å². The van der Waals surface area contributed by atoms with E-state index in [9.17, 15) is 10.1 Å². The molecule has 26 heavy (non-hydrogen) atoms. The third-order valence-corrected chi connectivity index (χ3v) is 4.80. The van der Waals surface area contributed by atoms with E-state index in [1.165, 1.54) is 6.20 Å². The summed E-state index contributed by atoms with van der Waals surface area (Å²) in [6, 6.07) is 10.4. The fourth-order valence-corrected chi connectivity index (χ4v) is 3.40. The zero-order valence-corrected chi connectivity index (χ0v) is 14.6. The Morgan fingerprint density at radius 3 is 2.69 bits per heavy atom. The summed E-state index contributed by atoms with van der Waals surface area (Å²) < 4.78 is 13.0. The smallest absolute Gasteiger partial charge is 0.322 e. The maximum Gasteiger partial charge on any atom is 0.322 e. The van der Waals surface area contributed by atoms with E-state index in [4.69, 9.17) is 21.1 Å². The van der Waals surface area contributed by atoms with Gasteiger partial charge in [0.1, 0.15) is 11.1 Å². The molecule has 1 aliphatic rings. The van der Waals surface area contributed by atoms with E-state index in [0.29, 0.717) is 29.4 Å². The summed E-state index contributed by atoms with van der Waals surface area (Å²) in [7, 11) is 0. The van der Waals surface area contributed by atoms with Gasteiger partial charge in [-0.1, -0.05) is 23.7 Å². The molecule has 4 rings (SSSR count). The topological polar surface area (TPSA) is 79.4 Å². The van der Waals surface area contributed by atoms with Gasteiger partial charge in [0.15, 0.2) is 0 Å². The lowest BCUT2D eigenvalue weighted by molar-refractivity contribution is -0.383. The number of nitro benzene ring substituents is 1. The molecule has 7 nitrogen and oxygen atoms in total. The van der Waals surface area contributed by atoms with E-state index < -0.39 is 4.92 Å². The van der Waals surface area contributed by atoms with Gasteiger partial charge in [0.05, 0.1) is 27.7 Å². The fourth-order valence-electron chi connectivity index (χ4n) is 3.22. The number of aromatic nitrogens is 2. The molecule has 134 valence electrons. The van der Waals surface area contributed by atoms with Crippen molar-refractivity contribution in [1.29, 1.82) is 0 Å². The Hall–Kier alpha value is -2.64. The quantitative estimate of drug-likeness (QED) is 0.487. The van der Waals surface area contributed by atoms with Crippen molar-refractivity contribution in [3.8, 4) is 11.5 Å². The molecule has 1 aromatic heterocycles. The molecule has 1 saturated heterocycles. The summed E-state index contributed by atoms with van der Waals surface area (Å²) >= 11 is 6.11. The first-order valence-corrected chi connectivity index (χ1v) is 8.67. The van der Waals surface area contributed by atoms with E-state index in [-0.39, 0.29) is 17.5 Å². The summed E-state index contributed by atoms with van der Waals surface area (Å²) in [6.07, 6.45) is 3.20. The van der Waals surface area contributed by atoms with Gasteiger partial charge in [-0.05, 0) is 37.1 Å². The monoisotopic (exact) mass is 373 g/mol. The predicted molar refractivity (Wildman–Crippen MR) is 97.0 cm³/mol. The van der Waals surface area contributed by atoms with E-state index in [0.717, 1.165) is 18.4 Å². The highest BCUT2D eigenvalue weighted by molar-refractivity contribution is 6.32. The van der Waals surface area contributed by atoms with Crippen LogP contribution in [0.3, 0.4) is 0 Å². The molecule has 0 saturated carbocycles. The molecule has 0 radical (unpaired) electrons. The van der Waals surface area contributed by atoms with Gasteiger partial charge in [0, 0.05) is 13.2 Å². The number of rotatable bonds is 4. The lowest BCUT2D eigenvalue weighted by atomic mass is 10.1. The van der Waals surface area contributed by atoms with Crippen LogP contribution in [-0.4, -0.2) is 27.9 Å². The lowest BCUT2D eigenvalue weighted by Gasteiger charge is -2.23. The molecule has 0 N–H and O–H groups in total. The third-order valence-electron chi connectivity index (χ3n) is 4.49. The Bertz CT molecular complexity index is 966. The maximum absolute atomic E-state index is 11.7. The second-order valence-corrected chi connectivity index (χ2v) is 6.47. The molecular weight excluding hydrogens is 358 g/mol. The summed E-state index contributed by atoms with van der Waals surface area (Å²) in [5.41, 5.74) is 0.607. The Morgan fingerprint density at radius 2 is 1.96 bits per heavy atom. The maximum atomic E-state index is 11.7. The summed E-state index contributed by atoms with van der Waals surface area (Å²) in [4.78, 5) is 11.3. The molecule has 0 aliphatic carbocycles. The Labute approximate surface area is 154 Å². The fraction of sp³-hybridized carbons (Fsp3) is 0.278. The van der Waals surface area contributed by atoms with Gasteiger partial charge >= 0.3 is 5.69 Å². The number of benzene rings is 2. The second kappa shape index (κ2) is 6.93. The van der Waals surface area contributed by atoms with Crippen molar-refractivity contribution in [2.75, 3.05) is 13.2 Å².